The number of rotatable bonds is 1. The topological polar surface area (TPSA) is 146 Å². The second-order valence-electron chi connectivity index (χ2n) is 1.65. The number of hydrogen-bond donors (Lipinski definition) is 0. The number of carbonyl (C=O) groups is 1. The molecule has 0 aliphatic rings. The second-order valence-corrected chi connectivity index (χ2v) is 1.65. The molecule has 1 radical (unpaired) electrons. The van der Waals surface area contributed by atoms with Gasteiger partial charge in [0.25, 0.3) is 0 Å². The van der Waals surface area contributed by atoms with E-state index in [1.54, 1.807) is 0 Å². The molecule has 0 atom stereocenters. The minimum atomic E-state index is -0.505. The van der Waals surface area contributed by atoms with E-state index < -0.39 is 5.97 Å². The SMILES string of the molecule is [C-]#[O+].[C-]#[O+].[C-]#[O+].[C-]#[O+].[C-]#[O+].[C-]#[O+].[CH-]=CC(=O)OC.[Fe].[Mn+2].c1cc[cH-]c1. The summed E-state index contributed by atoms with van der Waals surface area (Å²) in [6, 6.07) is 10.0. The molecule has 0 bridgehead atoms. The molecule has 0 saturated carbocycles. The van der Waals surface area contributed by atoms with Crippen LogP contribution in [0.15, 0.2) is 36.4 Å². The first-order valence-corrected chi connectivity index (χ1v) is 4.33. The van der Waals surface area contributed by atoms with E-state index in [2.05, 4.69) is 51.2 Å². The zero-order chi connectivity index (χ0) is 20.5. The second kappa shape index (κ2) is 151. The normalized spacial score (nSPS) is 3.72. The molecule has 0 spiro atoms. The number of esters is 1. The Balaban J connectivity index is -0.0000000177. The van der Waals surface area contributed by atoms with Crippen molar-refractivity contribution >= 4 is 5.97 Å². The van der Waals surface area contributed by atoms with E-state index in [0.29, 0.717) is 0 Å². The van der Waals surface area contributed by atoms with Gasteiger partial charge in [-0.2, -0.15) is 24.3 Å². The quantitative estimate of drug-likeness (QED) is 0.218. The summed E-state index contributed by atoms with van der Waals surface area (Å²) in [7, 11) is 1.27. The summed E-state index contributed by atoms with van der Waals surface area (Å²) in [6.07, 6.45) is 0.861. The molecule has 0 aromatic heterocycles. The van der Waals surface area contributed by atoms with Crippen LogP contribution in [0, 0.1) is 46.5 Å². The van der Waals surface area contributed by atoms with Gasteiger partial charge in [-0.05, 0) is 0 Å². The van der Waals surface area contributed by atoms with Gasteiger partial charge in [-0.25, -0.2) is 12.1 Å². The maximum absolute atomic E-state index is 9.78. The van der Waals surface area contributed by atoms with E-state index in [0.717, 1.165) is 6.08 Å². The summed E-state index contributed by atoms with van der Waals surface area (Å²) in [4.78, 5) is 9.78. The first-order valence-electron chi connectivity index (χ1n) is 4.33. The first kappa shape index (κ1) is 56.8. The Bertz CT molecular complexity index is 352. The van der Waals surface area contributed by atoms with Crippen molar-refractivity contribution in [2.24, 2.45) is 0 Å². The van der Waals surface area contributed by atoms with E-state index in [9.17, 15) is 4.79 Å². The van der Waals surface area contributed by atoms with Gasteiger partial charge in [0.1, 0.15) is 0 Å². The van der Waals surface area contributed by atoms with E-state index in [1.807, 2.05) is 30.3 Å². The molecule has 0 saturated heterocycles. The summed E-state index contributed by atoms with van der Waals surface area (Å²) in [5.41, 5.74) is 0. The number of carbonyl (C=O) groups excluding carboxylic acids is 1. The molecule has 8 nitrogen and oxygen atoms in total. The van der Waals surface area contributed by atoms with Crippen molar-refractivity contribution in [3.05, 3.63) is 82.9 Å². The van der Waals surface area contributed by atoms with Gasteiger partial charge in [0.05, 0.1) is 7.11 Å². The van der Waals surface area contributed by atoms with Crippen molar-refractivity contribution in [2.45, 2.75) is 0 Å². The van der Waals surface area contributed by atoms with Crippen molar-refractivity contribution < 1.29 is 71.6 Å². The minimum absolute atomic E-state index is 0. The average molecular weight is 429 g/mol. The number of hydrogen-bond acceptors (Lipinski definition) is 2. The molecule has 133 valence electrons. The van der Waals surface area contributed by atoms with Crippen LogP contribution in [0.25, 0.3) is 0 Å². The van der Waals surface area contributed by atoms with Crippen LogP contribution in [0.1, 0.15) is 0 Å². The summed E-state index contributed by atoms with van der Waals surface area (Å²) >= 11 is 0. The molecule has 0 unspecified atom stereocenters. The molecular weight excluding hydrogens is 419 g/mol. The summed E-state index contributed by atoms with van der Waals surface area (Å²) in [5, 5.41) is 0. The first-order chi connectivity index (χ1) is 11.3. The van der Waals surface area contributed by atoms with Crippen LogP contribution in [-0.4, -0.2) is 13.1 Å². The van der Waals surface area contributed by atoms with Gasteiger partial charge in [0, 0.05) is 17.1 Å². The molecule has 0 amide bonds. The Morgan fingerprint density at radius 1 is 0.880 bits per heavy atom. The number of ether oxygens (including phenoxy) is 1. The van der Waals surface area contributed by atoms with Crippen LogP contribution in [0.4, 0.5) is 0 Å². The van der Waals surface area contributed by atoms with E-state index in [1.165, 1.54) is 7.11 Å². The predicted molar refractivity (Wildman–Crippen MR) is 66.5 cm³/mol. The number of methoxy groups -OCH3 is 1. The van der Waals surface area contributed by atoms with E-state index in [-0.39, 0.29) is 34.1 Å². The molecule has 0 heterocycles. The molecule has 10 heteroatoms. The van der Waals surface area contributed by atoms with Crippen molar-refractivity contribution in [1.29, 1.82) is 0 Å². The van der Waals surface area contributed by atoms with Crippen LogP contribution in [-0.2, 0) is 71.6 Å². The molecule has 25 heavy (non-hydrogen) atoms. The minimum Gasteiger partial charge on any atom is -0.550 e. The maximum atomic E-state index is 9.78. The molecule has 0 aliphatic heterocycles. The molecule has 1 aromatic rings. The zero-order valence-corrected chi connectivity index (χ0v) is 14.8. The Hall–Kier alpha value is -1.96. The van der Waals surface area contributed by atoms with Crippen LogP contribution < -0.4 is 0 Å². The summed E-state index contributed by atoms with van der Waals surface area (Å²) in [5.74, 6) is -0.505. The average Bonchev–Trinajstić information content (AvgIpc) is 3.31. The standard InChI is InChI=1S/C5H5.C4H5O2.6CO.Fe.Mn/c1-2-4-5-3-1;1-3-4(5)6-2;6*1-2;;/h1-5H;1,3H,2H3;;;;;;;;/q2*-1;;;;;;;;+2. The van der Waals surface area contributed by atoms with Gasteiger partial charge in [-0.1, -0.05) is 0 Å². The molecular formula is C15H10FeMnO8. The molecule has 0 aliphatic carbocycles. The third kappa shape index (κ3) is 179. The van der Waals surface area contributed by atoms with Crippen LogP contribution in [0.2, 0.25) is 0 Å². The third-order valence-corrected chi connectivity index (χ3v) is 0.893. The predicted octanol–water partition coefficient (Wildman–Crippen LogP) is 1.32. The smallest absolute Gasteiger partial charge is 0.550 e. The van der Waals surface area contributed by atoms with Gasteiger partial charge in [-0.3, -0.25) is 6.58 Å². The van der Waals surface area contributed by atoms with Gasteiger partial charge < -0.3 is 9.53 Å². The Labute approximate surface area is 167 Å². The fourth-order valence-corrected chi connectivity index (χ4v) is 0.389. The third-order valence-electron chi connectivity index (χ3n) is 0.893. The Morgan fingerprint density at radius 3 is 1.16 bits per heavy atom. The van der Waals surface area contributed by atoms with Crippen LogP contribution in [0.5, 0.6) is 0 Å². The van der Waals surface area contributed by atoms with E-state index in [4.69, 9.17) is 27.9 Å². The van der Waals surface area contributed by atoms with Gasteiger partial charge in [-0.15, -0.1) is 0 Å². The molecule has 0 N–H and O–H groups in total. The fraction of sp³-hybridized carbons (Fsp3) is 0.0667. The van der Waals surface area contributed by atoms with Crippen molar-refractivity contribution in [2.75, 3.05) is 7.11 Å². The largest absolute Gasteiger partial charge is 2.00 e. The van der Waals surface area contributed by atoms with Crippen molar-refractivity contribution in [3.63, 3.8) is 0 Å². The van der Waals surface area contributed by atoms with Gasteiger partial charge in [0.15, 0.2) is 5.97 Å². The summed E-state index contributed by atoms with van der Waals surface area (Å²) < 4.78 is 49.1. The zero-order valence-electron chi connectivity index (χ0n) is 12.5. The Kier molecular flexibility index (Phi) is 343. The fourth-order valence-electron chi connectivity index (χ4n) is 0.389. The molecule has 0 fully saturated rings. The van der Waals surface area contributed by atoms with Crippen LogP contribution >= 0.6 is 0 Å². The van der Waals surface area contributed by atoms with Gasteiger partial charge >= 0.3 is 84.9 Å². The molecule has 1 rings (SSSR count). The van der Waals surface area contributed by atoms with Gasteiger partial charge in [0.2, 0.25) is 0 Å². The van der Waals surface area contributed by atoms with E-state index >= 15 is 0 Å². The van der Waals surface area contributed by atoms with Crippen molar-refractivity contribution in [1.82, 2.24) is 0 Å². The molecule has 1 aromatic carbocycles. The summed E-state index contributed by atoms with van der Waals surface area (Å²) in [6.45, 7) is 31.7. The van der Waals surface area contributed by atoms with Crippen LogP contribution in [0.3, 0.4) is 0 Å². The Morgan fingerprint density at radius 2 is 1.12 bits per heavy atom. The monoisotopic (exact) mass is 429 g/mol. The van der Waals surface area contributed by atoms with Crippen molar-refractivity contribution in [3.8, 4) is 0 Å². The maximum Gasteiger partial charge on any atom is 2.00 e.